The van der Waals surface area contributed by atoms with E-state index < -0.39 is 23.3 Å². The van der Waals surface area contributed by atoms with E-state index in [-0.39, 0.29) is 18.0 Å². The number of nitrogens with one attached hydrogen (secondary N) is 1. The molecule has 3 heterocycles. The second kappa shape index (κ2) is 6.03. The number of imide groups is 1. The highest BCUT2D eigenvalue weighted by molar-refractivity contribution is 7.13. The summed E-state index contributed by atoms with van der Waals surface area (Å²) in [5, 5.41) is 8.28. The van der Waals surface area contributed by atoms with E-state index in [1.54, 1.807) is 6.07 Å². The summed E-state index contributed by atoms with van der Waals surface area (Å²) >= 11 is 1.45. The van der Waals surface area contributed by atoms with Gasteiger partial charge < -0.3 is 9.84 Å². The van der Waals surface area contributed by atoms with Crippen LogP contribution in [0, 0.1) is 5.82 Å². The molecule has 3 amide bonds. The van der Waals surface area contributed by atoms with Crippen molar-refractivity contribution in [3.8, 4) is 10.7 Å². The number of urea groups is 1. The van der Waals surface area contributed by atoms with E-state index in [2.05, 4.69) is 15.5 Å². The lowest BCUT2D eigenvalue weighted by molar-refractivity contribution is -0.131. The maximum atomic E-state index is 14.1. The largest absolute Gasteiger partial charge is 0.337 e. The van der Waals surface area contributed by atoms with Crippen LogP contribution in [0.1, 0.15) is 18.4 Å². The molecule has 1 atom stereocenters. The van der Waals surface area contributed by atoms with Crippen LogP contribution in [0.25, 0.3) is 10.7 Å². The Morgan fingerprint density at radius 3 is 2.81 bits per heavy atom. The van der Waals surface area contributed by atoms with Crippen molar-refractivity contribution in [2.24, 2.45) is 0 Å². The zero-order valence-corrected chi connectivity index (χ0v) is 14.4. The molecule has 1 saturated heterocycles. The zero-order valence-electron chi connectivity index (χ0n) is 13.6. The number of halogens is 1. The van der Waals surface area contributed by atoms with Gasteiger partial charge in [-0.1, -0.05) is 29.4 Å². The standard InChI is InChI=1S/C17H13FN4O3S/c1-17(10-5-2-3-6-11(10)18)15(23)22(16(24)20-17)9-13-19-14(21-25-13)12-7-4-8-26-12/h2-8H,9H2,1H3,(H,20,24)/t17-/m1/s1. The fourth-order valence-electron chi connectivity index (χ4n) is 2.85. The zero-order chi connectivity index (χ0) is 18.3. The first-order chi connectivity index (χ1) is 12.5. The molecule has 0 spiro atoms. The highest BCUT2D eigenvalue weighted by Gasteiger charge is 2.50. The van der Waals surface area contributed by atoms with Gasteiger partial charge in [-0.05, 0) is 24.4 Å². The Hall–Kier alpha value is -3.07. The SMILES string of the molecule is C[C@]1(c2ccccc2F)NC(=O)N(Cc2nc(-c3cccs3)no2)C1=O. The van der Waals surface area contributed by atoms with E-state index in [0.717, 1.165) is 9.78 Å². The molecule has 1 N–H and O–H groups in total. The third kappa shape index (κ3) is 2.57. The molecule has 0 unspecified atom stereocenters. The maximum Gasteiger partial charge on any atom is 0.325 e. The second-order valence-corrected chi connectivity index (χ2v) is 6.86. The summed E-state index contributed by atoms with van der Waals surface area (Å²) in [4.78, 5) is 31.1. The van der Waals surface area contributed by atoms with Crippen molar-refractivity contribution in [1.29, 1.82) is 0 Å². The number of carbonyl (C=O) groups is 2. The molecule has 0 saturated carbocycles. The molecule has 4 rings (SSSR count). The van der Waals surface area contributed by atoms with Crippen molar-refractivity contribution in [2.75, 3.05) is 0 Å². The Morgan fingerprint density at radius 2 is 2.08 bits per heavy atom. The molecule has 3 aromatic rings. The van der Waals surface area contributed by atoms with E-state index >= 15 is 0 Å². The molecule has 26 heavy (non-hydrogen) atoms. The Bertz CT molecular complexity index is 988. The topological polar surface area (TPSA) is 88.3 Å². The smallest absolute Gasteiger partial charge is 0.325 e. The molecule has 7 nitrogen and oxygen atoms in total. The van der Waals surface area contributed by atoms with Crippen LogP contribution in [0.2, 0.25) is 0 Å². The lowest BCUT2D eigenvalue weighted by Gasteiger charge is -2.22. The van der Waals surface area contributed by atoms with Crippen LogP contribution in [0.5, 0.6) is 0 Å². The number of thiophene rings is 1. The average molecular weight is 372 g/mol. The first-order valence-electron chi connectivity index (χ1n) is 7.74. The van der Waals surface area contributed by atoms with Crippen LogP contribution < -0.4 is 5.32 Å². The minimum Gasteiger partial charge on any atom is -0.337 e. The molecule has 1 fully saturated rings. The van der Waals surface area contributed by atoms with Crippen LogP contribution in [0.4, 0.5) is 9.18 Å². The summed E-state index contributed by atoms with van der Waals surface area (Å²) in [5.41, 5.74) is -1.38. The van der Waals surface area contributed by atoms with Gasteiger partial charge in [-0.3, -0.25) is 9.69 Å². The van der Waals surface area contributed by atoms with Crippen molar-refractivity contribution >= 4 is 23.3 Å². The molecule has 1 aliphatic heterocycles. The Labute approximate surface area is 151 Å². The monoisotopic (exact) mass is 372 g/mol. The van der Waals surface area contributed by atoms with Crippen molar-refractivity contribution < 1.29 is 18.5 Å². The highest BCUT2D eigenvalue weighted by atomic mass is 32.1. The van der Waals surface area contributed by atoms with Gasteiger partial charge in [0.05, 0.1) is 4.88 Å². The summed E-state index contributed by atoms with van der Waals surface area (Å²) in [6, 6.07) is 8.89. The lowest BCUT2D eigenvalue weighted by atomic mass is 9.91. The van der Waals surface area contributed by atoms with E-state index in [9.17, 15) is 14.0 Å². The molecule has 9 heteroatoms. The number of aromatic nitrogens is 2. The average Bonchev–Trinajstić information content (AvgIpc) is 3.33. The number of carbonyl (C=O) groups excluding carboxylic acids is 2. The van der Waals surface area contributed by atoms with Crippen LogP contribution in [0.15, 0.2) is 46.3 Å². The normalized spacial score (nSPS) is 19.8. The van der Waals surface area contributed by atoms with E-state index in [0.29, 0.717) is 5.82 Å². The molecular formula is C17H13FN4O3S. The van der Waals surface area contributed by atoms with Crippen molar-refractivity contribution in [3.05, 3.63) is 59.0 Å². The number of rotatable bonds is 4. The van der Waals surface area contributed by atoms with Gasteiger partial charge in [-0.15, -0.1) is 11.3 Å². The first kappa shape index (κ1) is 16.4. The van der Waals surface area contributed by atoms with Gasteiger partial charge in [0.15, 0.2) is 0 Å². The summed E-state index contributed by atoms with van der Waals surface area (Å²) < 4.78 is 19.3. The van der Waals surface area contributed by atoms with Gasteiger partial charge in [0.1, 0.15) is 17.9 Å². The number of benzene rings is 1. The van der Waals surface area contributed by atoms with Gasteiger partial charge in [0, 0.05) is 5.56 Å². The van der Waals surface area contributed by atoms with Crippen LogP contribution in [0.3, 0.4) is 0 Å². The molecule has 1 aromatic carbocycles. The van der Waals surface area contributed by atoms with Gasteiger partial charge in [-0.2, -0.15) is 4.98 Å². The van der Waals surface area contributed by atoms with E-state index in [1.807, 2.05) is 17.5 Å². The summed E-state index contributed by atoms with van der Waals surface area (Å²) in [6.07, 6.45) is 0. The third-order valence-corrected chi connectivity index (χ3v) is 5.06. The highest BCUT2D eigenvalue weighted by Crippen LogP contribution is 2.31. The van der Waals surface area contributed by atoms with Gasteiger partial charge >= 0.3 is 6.03 Å². The van der Waals surface area contributed by atoms with E-state index in [1.165, 1.54) is 36.5 Å². The Morgan fingerprint density at radius 1 is 1.27 bits per heavy atom. The summed E-state index contributed by atoms with van der Waals surface area (Å²) in [7, 11) is 0. The van der Waals surface area contributed by atoms with E-state index in [4.69, 9.17) is 4.52 Å². The predicted molar refractivity (Wildman–Crippen MR) is 90.4 cm³/mol. The number of amides is 3. The fraction of sp³-hybridized carbons (Fsp3) is 0.176. The van der Waals surface area contributed by atoms with Crippen LogP contribution in [-0.4, -0.2) is 27.0 Å². The summed E-state index contributed by atoms with van der Waals surface area (Å²) in [6.45, 7) is 1.28. The van der Waals surface area contributed by atoms with Crippen LogP contribution >= 0.6 is 11.3 Å². The molecule has 2 aromatic heterocycles. The van der Waals surface area contributed by atoms with Crippen molar-refractivity contribution in [3.63, 3.8) is 0 Å². The predicted octanol–water partition coefficient (Wildman–Crippen LogP) is 2.90. The van der Waals surface area contributed by atoms with Gasteiger partial charge in [0.2, 0.25) is 11.7 Å². The molecule has 0 aliphatic carbocycles. The lowest BCUT2D eigenvalue weighted by Crippen LogP contribution is -2.41. The molecule has 1 aliphatic rings. The second-order valence-electron chi connectivity index (χ2n) is 5.92. The molecular weight excluding hydrogens is 359 g/mol. The van der Waals surface area contributed by atoms with Crippen molar-refractivity contribution in [2.45, 2.75) is 19.0 Å². The van der Waals surface area contributed by atoms with Gasteiger partial charge in [0.25, 0.3) is 5.91 Å². The minimum atomic E-state index is -1.49. The molecule has 0 radical (unpaired) electrons. The van der Waals surface area contributed by atoms with Crippen molar-refractivity contribution in [1.82, 2.24) is 20.4 Å². The Kier molecular flexibility index (Phi) is 3.80. The number of hydrogen-bond acceptors (Lipinski definition) is 6. The Balaban J connectivity index is 1.60. The molecule has 0 bridgehead atoms. The summed E-state index contributed by atoms with van der Waals surface area (Å²) in [5.74, 6) is -0.639. The first-order valence-corrected chi connectivity index (χ1v) is 8.62. The van der Waals surface area contributed by atoms with Gasteiger partial charge in [-0.25, -0.2) is 9.18 Å². The fourth-order valence-corrected chi connectivity index (χ4v) is 3.50. The van der Waals surface area contributed by atoms with Crippen LogP contribution in [-0.2, 0) is 16.9 Å². The number of nitrogens with zero attached hydrogens (tertiary/aromatic N) is 3. The third-order valence-electron chi connectivity index (χ3n) is 4.19. The maximum absolute atomic E-state index is 14.1. The minimum absolute atomic E-state index is 0.102. The quantitative estimate of drug-likeness (QED) is 0.712. The molecule has 132 valence electrons. The number of hydrogen-bond donors (Lipinski definition) is 1.